The number of carbonyl (C=O) groups is 2. The lowest BCUT2D eigenvalue weighted by Gasteiger charge is -2.29. The molecule has 2 rings (SSSR count). The topological polar surface area (TPSA) is 49.4 Å². The molecule has 0 bridgehead atoms. The van der Waals surface area contributed by atoms with Crippen molar-refractivity contribution in [2.75, 3.05) is 6.54 Å². The smallest absolute Gasteiger partial charge is 0.242 e. The Bertz CT molecular complexity index is 818. The van der Waals surface area contributed by atoms with Crippen molar-refractivity contribution in [3.05, 3.63) is 69.7 Å². The normalized spacial score (nSPS) is 11.9. The lowest BCUT2D eigenvalue weighted by Crippen LogP contribution is -2.48. The molecule has 0 aliphatic heterocycles. The van der Waals surface area contributed by atoms with Gasteiger partial charge in [0.1, 0.15) is 6.04 Å². The molecule has 0 aliphatic rings. The van der Waals surface area contributed by atoms with Crippen LogP contribution in [0.3, 0.4) is 0 Å². The molecule has 2 aromatic carbocycles. The summed E-state index contributed by atoms with van der Waals surface area (Å²) in [4.78, 5) is 27.4. The predicted molar refractivity (Wildman–Crippen MR) is 122 cm³/mol. The molecule has 2 amide bonds. The second-order valence-corrected chi connectivity index (χ2v) is 8.87. The van der Waals surface area contributed by atoms with Crippen molar-refractivity contribution >= 4 is 27.7 Å². The molecule has 5 heteroatoms. The monoisotopic (exact) mass is 458 g/mol. The summed E-state index contributed by atoms with van der Waals surface area (Å²) in [5.41, 5.74) is 3.32. The lowest BCUT2D eigenvalue weighted by atomic mass is 10.1. The first kappa shape index (κ1) is 23.1. The fraction of sp³-hybridized carbons (Fsp3) is 0.417. The van der Waals surface area contributed by atoms with Gasteiger partial charge in [0, 0.05) is 24.0 Å². The van der Waals surface area contributed by atoms with Crippen molar-refractivity contribution in [1.29, 1.82) is 0 Å². The maximum atomic E-state index is 13.1. The molecular weight excluding hydrogens is 428 g/mol. The minimum Gasteiger partial charge on any atom is -0.354 e. The number of rotatable bonds is 9. The van der Waals surface area contributed by atoms with Crippen LogP contribution in [-0.4, -0.2) is 29.3 Å². The van der Waals surface area contributed by atoms with Crippen LogP contribution in [0.5, 0.6) is 0 Å². The van der Waals surface area contributed by atoms with Gasteiger partial charge in [-0.3, -0.25) is 9.59 Å². The molecule has 0 saturated heterocycles. The van der Waals surface area contributed by atoms with E-state index >= 15 is 0 Å². The van der Waals surface area contributed by atoms with Crippen molar-refractivity contribution in [2.24, 2.45) is 5.92 Å². The van der Waals surface area contributed by atoms with Crippen molar-refractivity contribution in [3.63, 3.8) is 0 Å². The Labute approximate surface area is 182 Å². The third-order valence-electron chi connectivity index (χ3n) is 4.84. The van der Waals surface area contributed by atoms with Crippen LogP contribution in [0.4, 0.5) is 0 Å². The lowest BCUT2D eigenvalue weighted by molar-refractivity contribution is -0.140. The van der Waals surface area contributed by atoms with Crippen LogP contribution in [0, 0.1) is 12.8 Å². The first-order valence-corrected chi connectivity index (χ1v) is 10.9. The van der Waals surface area contributed by atoms with Crippen LogP contribution in [0.25, 0.3) is 0 Å². The van der Waals surface area contributed by atoms with Crippen LogP contribution in [-0.2, 0) is 22.6 Å². The third-order valence-corrected chi connectivity index (χ3v) is 5.34. The molecule has 0 saturated carbocycles. The number of amides is 2. The maximum absolute atomic E-state index is 13.1. The van der Waals surface area contributed by atoms with Crippen molar-refractivity contribution in [1.82, 2.24) is 10.2 Å². The predicted octanol–water partition coefficient (Wildman–Crippen LogP) is 4.88. The summed E-state index contributed by atoms with van der Waals surface area (Å²) >= 11 is 3.48. The van der Waals surface area contributed by atoms with Gasteiger partial charge in [0.25, 0.3) is 0 Å². The Kier molecular flexibility index (Phi) is 8.90. The molecule has 2 aromatic rings. The molecule has 1 unspecified atom stereocenters. The first-order valence-electron chi connectivity index (χ1n) is 10.1. The number of carbonyl (C=O) groups excluding carboxylic acids is 2. The number of hydrogen-bond donors (Lipinski definition) is 1. The molecule has 0 spiro atoms. The Morgan fingerprint density at radius 3 is 2.34 bits per heavy atom. The van der Waals surface area contributed by atoms with Gasteiger partial charge in [0.2, 0.25) is 11.8 Å². The number of benzene rings is 2. The van der Waals surface area contributed by atoms with Crippen LogP contribution in [0.2, 0.25) is 0 Å². The van der Waals surface area contributed by atoms with Gasteiger partial charge in [-0.1, -0.05) is 71.7 Å². The van der Waals surface area contributed by atoms with Crippen LogP contribution in [0.1, 0.15) is 43.9 Å². The molecule has 0 heterocycles. The highest BCUT2D eigenvalue weighted by Gasteiger charge is 2.26. The standard InChI is InChI=1S/C24H31BrN2O2/c1-17(2)15-26-24(29)19(4)27(16-21-6-5-7-22(25)14-21)23(28)13-12-20-10-8-18(3)9-11-20/h5-11,14,17,19H,12-13,15-16H2,1-4H3,(H,26,29). The number of nitrogens with zero attached hydrogens (tertiary/aromatic N) is 1. The molecule has 0 fully saturated rings. The van der Waals surface area contributed by atoms with E-state index in [9.17, 15) is 9.59 Å². The Hall–Kier alpha value is -2.14. The summed E-state index contributed by atoms with van der Waals surface area (Å²) in [5.74, 6) is 0.233. The van der Waals surface area contributed by atoms with E-state index in [-0.39, 0.29) is 11.8 Å². The van der Waals surface area contributed by atoms with Gasteiger partial charge >= 0.3 is 0 Å². The average Bonchev–Trinajstić information content (AvgIpc) is 2.69. The van der Waals surface area contributed by atoms with Gasteiger partial charge in [0.15, 0.2) is 0 Å². The minimum atomic E-state index is -0.529. The van der Waals surface area contributed by atoms with Crippen LogP contribution >= 0.6 is 15.9 Å². The summed E-state index contributed by atoms with van der Waals surface area (Å²) in [5, 5.41) is 2.95. The Morgan fingerprint density at radius 1 is 1.03 bits per heavy atom. The fourth-order valence-electron chi connectivity index (χ4n) is 3.02. The highest BCUT2D eigenvalue weighted by atomic mass is 79.9. The number of hydrogen-bond acceptors (Lipinski definition) is 2. The molecule has 4 nitrogen and oxygen atoms in total. The zero-order valence-corrected chi connectivity index (χ0v) is 19.3. The molecule has 29 heavy (non-hydrogen) atoms. The third kappa shape index (κ3) is 7.65. The van der Waals surface area contributed by atoms with Crippen molar-refractivity contribution < 1.29 is 9.59 Å². The molecule has 156 valence electrons. The van der Waals surface area contributed by atoms with E-state index in [1.807, 2.05) is 31.2 Å². The van der Waals surface area contributed by atoms with E-state index in [4.69, 9.17) is 0 Å². The van der Waals surface area contributed by atoms with E-state index in [1.54, 1.807) is 11.8 Å². The van der Waals surface area contributed by atoms with Gasteiger partial charge in [-0.05, 0) is 49.4 Å². The quantitative estimate of drug-likeness (QED) is 0.581. The van der Waals surface area contributed by atoms with Crippen molar-refractivity contribution in [3.8, 4) is 0 Å². The molecule has 0 aliphatic carbocycles. The number of aryl methyl sites for hydroxylation is 2. The summed E-state index contributed by atoms with van der Waals surface area (Å²) in [6.07, 6.45) is 1.04. The van der Waals surface area contributed by atoms with Crippen LogP contribution in [0.15, 0.2) is 53.0 Å². The fourth-order valence-corrected chi connectivity index (χ4v) is 3.46. The molecule has 1 N–H and O–H groups in total. The van der Waals surface area contributed by atoms with E-state index in [1.165, 1.54) is 5.56 Å². The van der Waals surface area contributed by atoms with Gasteiger partial charge in [-0.15, -0.1) is 0 Å². The van der Waals surface area contributed by atoms with Gasteiger partial charge < -0.3 is 10.2 Å². The van der Waals surface area contributed by atoms with Gasteiger partial charge in [0.05, 0.1) is 0 Å². The zero-order chi connectivity index (χ0) is 21.4. The summed E-state index contributed by atoms with van der Waals surface area (Å²) < 4.78 is 0.957. The Morgan fingerprint density at radius 2 is 1.72 bits per heavy atom. The second kappa shape index (κ2) is 11.1. The molecule has 1 atom stereocenters. The minimum absolute atomic E-state index is 0.0160. The highest BCUT2D eigenvalue weighted by Crippen LogP contribution is 2.17. The average molecular weight is 459 g/mol. The second-order valence-electron chi connectivity index (χ2n) is 7.95. The number of halogens is 1. The van der Waals surface area contributed by atoms with Gasteiger partial charge in [-0.25, -0.2) is 0 Å². The SMILES string of the molecule is Cc1ccc(CCC(=O)N(Cc2cccc(Br)c2)C(C)C(=O)NCC(C)C)cc1. The maximum Gasteiger partial charge on any atom is 0.242 e. The molecule has 0 radical (unpaired) electrons. The van der Waals surface area contributed by atoms with E-state index in [2.05, 4.69) is 59.4 Å². The van der Waals surface area contributed by atoms with Crippen LogP contribution < -0.4 is 5.32 Å². The first-order chi connectivity index (χ1) is 13.8. The summed E-state index contributed by atoms with van der Waals surface area (Å²) in [7, 11) is 0. The molecule has 0 aromatic heterocycles. The Balaban J connectivity index is 2.12. The van der Waals surface area contributed by atoms with E-state index in [0.29, 0.717) is 31.8 Å². The summed E-state index contributed by atoms with van der Waals surface area (Å²) in [6.45, 7) is 8.96. The van der Waals surface area contributed by atoms with Gasteiger partial charge in [-0.2, -0.15) is 0 Å². The molecular formula is C24H31BrN2O2. The van der Waals surface area contributed by atoms with E-state index in [0.717, 1.165) is 15.6 Å². The largest absolute Gasteiger partial charge is 0.354 e. The van der Waals surface area contributed by atoms with Crippen molar-refractivity contribution in [2.45, 2.75) is 53.1 Å². The van der Waals surface area contributed by atoms with E-state index < -0.39 is 6.04 Å². The number of nitrogens with one attached hydrogen (secondary N) is 1. The zero-order valence-electron chi connectivity index (χ0n) is 17.7. The highest BCUT2D eigenvalue weighted by molar-refractivity contribution is 9.10. The summed E-state index contributed by atoms with van der Waals surface area (Å²) in [6, 6.07) is 15.5.